The molecule has 0 N–H and O–H groups in total. The number of amides is 3. The predicted molar refractivity (Wildman–Crippen MR) is 129 cm³/mol. The summed E-state index contributed by atoms with van der Waals surface area (Å²) in [5.74, 6) is -0.948. The van der Waals surface area contributed by atoms with Gasteiger partial charge in [0, 0.05) is 44.2 Å². The molecule has 2 fully saturated rings. The van der Waals surface area contributed by atoms with Crippen molar-refractivity contribution < 1.29 is 18.8 Å². The number of para-hydroxylation sites is 2. The van der Waals surface area contributed by atoms with Crippen LogP contribution in [0.3, 0.4) is 0 Å². The molecular formula is C25H27FN4O3S. The fraction of sp³-hybridized carbons (Fsp3) is 0.400. The van der Waals surface area contributed by atoms with Gasteiger partial charge in [-0.05, 0) is 37.1 Å². The number of piperazine rings is 1. The average Bonchev–Trinajstić information content (AvgIpc) is 3.41. The third kappa shape index (κ3) is 4.36. The number of anilines is 2. The van der Waals surface area contributed by atoms with Crippen molar-refractivity contribution in [3.63, 3.8) is 0 Å². The quantitative estimate of drug-likeness (QED) is 0.627. The Hall–Kier alpha value is -3.07. The first-order valence-corrected chi connectivity index (χ1v) is 12.5. The standard InChI is InChI=1S/C25H27FN4O3S/c26-18-7-1-2-8-19(18)27-13-15-28(16-14-27)22(31)17-30-20-9-3-4-10-21(20)34-23(25(30)33)24(32)29-11-5-6-12-29/h1-4,7-10,23H,5-6,11-17H2/t23-/m0/s1. The number of nitrogens with zero attached hydrogens (tertiary/aromatic N) is 4. The third-order valence-corrected chi connectivity index (χ3v) is 7.89. The van der Waals surface area contributed by atoms with Crippen LogP contribution in [0.25, 0.3) is 0 Å². The Morgan fingerprint density at radius 2 is 1.50 bits per heavy atom. The van der Waals surface area contributed by atoms with Crippen LogP contribution >= 0.6 is 11.8 Å². The van der Waals surface area contributed by atoms with Gasteiger partial charge in [-0.25, -0.2) is 4.39 Å². The van der Waals surface area contributed by atoms with Gasteiger partial charge in [0.2, 0.25) is 11.8 Å². The number of benzene rings is 2. The van der Waals surface area contributed by atoms with Crippen molar-refractivity contribution in [1.82, 2.24) is 9.80 Å². The van der Waals surface area contributed by atoms with Crippen LogP contribution in [-0.4, -0.2) is 78.6 Å². The highest BCUT2D eigenvalue weighted by Gasteiger charge is 2.41. The second-order valence-corrected chi connectivity index (χ2v) is 9.89. The van der Waals surface area contributed by atoms with Gasteiger partial charge in [0.15, 0.2) is 5.25 Å². The van der Waals surface area contributed by atoms with Crippen molar-refractivity contribution in [2.45, 2.75) is 23.0 Å². The molecule has 0 saturated carbocycles. The van der Waals surface area contributed by atoms with Crippen LogP contribution < -0.4 is 9.80 Å². The summed E-state index contributed by atoms with van der Waals surface area (Å²) in [6, 6.07) is 14.1. The highest BCUT2D eigenvalue weighted by atomic mass is 32.2. The van der Waals surface area contributed by atoms with Gasteiger partial charge < -0.3 is 19.6 Å². The number of likely N-dealkylation sites (tertiary alicyclic amines) is 1. The summed E-state index contributed by atoms with van der Waals surface area (Å²) in [5.41, 5.74) is 1.20. The Kier molecular flexibility index (Phi) is 6.45. The van der Waals surface area contributed by atoms with Gasteiger partial charge in [-0.15, -0.1) is 11.8 Å². The van der Waals surface area contributed by atoms with E-state index in [1.807, 2.05) is 29.2 Å². The molecule has 3 amide bonds. The SMILES string of the molecule is O=C(CN1C(=O)[C@H](C(=O)N2CCCC2)Sc2ccccc21)N1CCN(c2ccccc2F)CC1. The monoisotopic (exact) mass is 482 g/mol. The van der Waals surface area contributed by atoms with Gasteiger partial charge in [-0.3, -0.25) is 14.4 Å². The minimum absolute atomic E-state index is 0.111. The van der Waals surface area contributed by atoms with Crippen LogP contribution in [0.5, 0.6) is 0 Å². The van der Waals surface area contributed by atoms with Crippen LogP contribution in [0, 0.1) is 5.82 Å². The van der Waals surface area contributed by atoms with E-state index >= 15 is 0 Å². The number of halogens is 1. The zero-order valence-corrected chi connectivity index (χ0v) is 19.7. The first-order chi connectivity index (χ1) is 16.5. The Balaban J connectivity index is 1.29. The van der Waals surface area contributed by atoms with Crippen molar-refractivity contribution in [3.8, 4) is 0 Å². The molecule has 34 heavy (non-hydrogen) atoms. The molecule has 0 aliphatic carbocycles. The second-order valence-electron chi connectivity index (χ2n) is 8.74. The second kappa shape index (κ2) is 9.66. The summed E-state index contributed by atoms with van der Waals surface area (Å²) < 4.78 is 14.1. The van der Waals surface area contributed by atoms with E-state index < -0.39 is 5.25 Å². The van der Waals surface area contributed by atoms with Gasteiger partial charge in [0.05, 0.1) is 11.4 Å². The number of carbonyl (C=O) groups is 3. The molecule has 0 unspecified atom stereocenters. The van der Waals surface area contributed by atoms with Gasteiger partial charge in [-0.2, -0.15) is 0 Å². The fourth-order valence-electron chi connectivity index (χ4n) is 4.78. The molecule has 2 aromatic rings. The van der Waals surface area contributed by atoms with E-state index in [2.05, 4.69) is 0 Å². The summed E-state index contributed by atoms with van der Waals surface area (Å²) >= 11 is 1.28. The highest BCUT2D eigenvalue weighted by Crippen LogP contribution is 2.40. The van der Waals surface area contributed by atoms with Gasteiger partial charge >= 0.3 is 0 Å². The lowest BCUT2D eigenvalue weighted by Crippen LogP contribution is -2.55. The van der Waals surface area contributed by atoms with E-state index in [9.17, 15) is 18.8 Å². The van der Waals surface area contributed by atoms with Crippen molar-refractivity contribution in [2.75, 3.05) is 55.6 Å². The number of hydrogen-bond acceptors (Lipinski definition) is 5. The lowest BCUT2D eigenvalue weighted by atomic mass is 10.2. The van der Waals surface area contributed by atoms with E-state index in [-0.39, 0.29) is 30.1 Å². The Labute approximate surface area is 202 Å². The van der Waals surface area contributed by atoms with Crippen molar-refractivity contribution >= 4 is 40.9 Å². The third-order valence-electron chi connectivity index (χ3n) is 6.65. The molecule has 3 aliphatic heterocycles. The van der Waals surface area contributed by atoms with Crippen molar-refractivity contribution in [2.24, 2.45) is 0 Å². The van der Waals surface area contributed by atoms with E-state index in [4.69, 9.17) is 0 Å². The number of hydrogen-bond donors (Lipinski definition) is 0. The van der Waals surface area contributed by atoms with E-state index in [0.29, 0.717) is 50.6 Å². The summed E-state index contributed by atoms with van der Waals surface area (Å²) in [7, 11) is 0. The topological polar surface area (TPSA) is 64.2 Å². The number of carbonyl (C=O) groups excluding carboxylic acids is 3. The molecule has 5 rings (SSSR count). The molecule has 0 bridgehead atoms. The maximum absolute atomic E-state index is 14.1. The minimum Gasteiger partial charge on any atom is -0.366 e. The molecule has 3 aliphatic rings. The van der Waals surface area contributed by atoms with Crippen LogP contribution in [0.15, 0.2) is 53.4 Å². The van der Waals surface area contributed by atoms with Crippen molar-refractivity contribution in [3.05, 3.63) is 54.3 Å². The molecule has 2 saturated heterocycles. The van der Waals surface area contributed by atoms with Crippen LogP contribution in [-0.2, 0) is 14.4 Å². The zero-order valence-electron chi connectivity index (χ0n) is 18.9. The van der Waals surface area contributed by atoms with Crippen LogP contribution in [0.4, 0.5) is 15.8 Å². The maximum Gasteiger partial charge on any atom is 0.250 e. The molecular weight excluding hydrogens is 455 g/mol. The number of rotatable bonds is 4. The molecule has 9 heteroatoms. The average molecular weight is 483 g/mol. The Morgan fingerprint density at radius 3 is 2.21 bits per heavy atom. The molecule has 178 valence electrons. The van der Waals surface area contributed by atoms with Gasteiger partial charge in [-0.1, -0.05) is 24.3 Å². The Morgan fingerprint density at radius 1 is 0.853 bits per heavy atom. The zero-order chi connectivity index (χ0) is 23.7. The normalized spacial score (nSPS) is 20.5. The molecule has 0 radical (unpaired) electrons. The van der Waals surface area contributed by atoms with Gasteiger partial charge in [0.1, 0.15) is 12.4 Å². The number of fused-ring (bicyclic) bond motifs is 1. The molecule has 7 nitrogen and oxygen atoms in total. The highest BCUT2D eigenvalue weighted by molar-refractivity contribution is 8.01. The maximum atomic E-state index is 14.1. The van der Waals surface area contributed by atoms with Crippen LogP contribution in [0.1, 0.15) is 12.8 Å². The first kappa shape index (κ1) is 22.7. The molecule has 0 spiro atoms. The van der Waals surface area contributed by atoms with Crippen molar-refractivity contribution in [1.29, 1.82) is 0 Å². The lowest BCUT2D eigenvalue weighted by Gasteiger charge is -2.38. The lowest BCUT2D eigenvalue weighted by molar-refractivity contribution is -0.135. The molecule has 0 aromatic heterocycles. The number of thioether (sulfide) groups is 1. The minimum atomic E-state index is -0.862. The van der Waals surface area contributed by atoms with E-state index in [1.54, 1.807) is 28.0 Å². The predicted octanol–water partition coefficient (Wildman–Crippen LogP) is 2.60. The first-order valence-electron chi connectivity index (χ1n) is 11.7. The molecule has 3 heterocycles. The summed E-state index contributed by atoms with van der Waals surface area (Å²) in [6.45, 7) is 3.17. The molecule has 2 aromatic carbocycles. The summed E-state index contributed by atoms with van der Waals surface area (Å²) in [4.78, 5) is 47.4. The summed E-state index contributed by atoms with van der Waals surface area (Å²) in [5, 5.41) is -0.862. The Bertz CT molecular complexity index is 1100. The largest absolute Gasteiger partial charge is 0.366 e. The molecule has 1 atom stereocenters. The smallest absolute Gasteiger partial charge is 0.250 e. The van der Waals surface area contributed by atoms with Gasteiger partial charge in [0.25, 0.3) is 5.91 Å². The van der Waals surface area contributed by atoms with E-state index in [1.165, 1.54) is 22.7 Å². The summed E-state index contributed by atoms with van der Waals surface area (Å²) in [6.07, 6.45) is 1.91. The fourth-order valence-corrected chi connectivity index (χ4v) is 5.97. The van der Waals surface area contributed by atoms with E-state index in [0.717, 1.165) is 17.7 Å². The van der Waals surface area contributed by atoms with Crippen LogP contribution in [0.2, 0.25) is 0 Å².